The summed E-state index contributed by atoms with van der Waals surface area (Å²) in [7, 11) is 0. The van der Waals surface area contributed by atoms with Crippen molar-refractivity contribution >= 4 is 5.71 Å². The molecule has 1 fully saturated rings. The molecule has 0 aromatic heterocycles. The van der Waals surface area contributed by atoms with E-state index >= 15 is 0 Å². The Balaban J connectivity index is 2.48. The second-order valence-electron chi connectivity index (χ2n) is 1.93. The fourth-order valence-corrected chi connectivity index (χ4v) is 0.827. The maximum absolute atomic E-state index is 8.77. The Bertz CT molecular complexity index is 90.1. The molecule has 40 valence electrons. The zero-order chi connectivity index (χ0) is 5.28. The van der Waals surface area contributed by atoms with Crippen molar-refractivity contribution in [3.63, 3.8) is 0 Å². The van der Waals surface area contributed by atoms with Gasteiger partial charge in [-0.15, -0.1) is 0 Å². The molecule has 0 heterocycles. The highest BCUT2D eigenvalue weighted by atomic mass is 16.3. The fourth-order valence-electron chi connectivity index (χ4n) is 0.827. The molecule has 0 unspecified atom stereocenters. The highest BCUT2D eigenvalue weighted by Gasteiger charge is 2.16. The minimum atomic E-state index is -0.403. The van der Waals surface area contributed by atoms with E-state index in [1.165, 1.54) is 0 Å². The number of aliphatic hydroxyl groups is 1. The van der Waals surface area contributed by atoms with Crippen molar-refractivity contribution < 1.29 is 5.11 Å². The third kappa shape index (κ3) is 0.800. The summed E-state index contributed by atoms with van der Waals surface area (Å²) in [5, 5.41) is 15.8. The van der Waals surface area contributed by atoms with Gasteiger partial charge in [0.1, 0.15) is 0 Å². The third-order valence-electron chi connectivity index (χ3n) is 1.33. The molecule has 7 heavy (non-hydrogen) atoms. The maximum Gasteiger partial charge on any atom is 0.0914 e. The molecule has 0 aliphatic heterocycles. The van der Waals surface area contributed by atoms with Gasteiger partial charge in [0.2, 0.25) is 0 Å². The molecular weight excluding hydrogens is 90.1 g/mol. The Morgan fingerprint density at radius 1 is 1.71 bits per heavy atom. The molecule has 1 saturated carbocycles. The normalized spacial score (nSPS) is 31.6. The first-order chi connectivity index (χ1) is 3.30. The van der Waals surface area contributed by atoms with Gasteiger partial charge in [-0.05, 0) is 19.3 Å². The van der Waals surface area contributed by atoms with Crippen LogP contribution in [0.4, 0.5) is 0 Å². The summed E-state index contributed by atoms with van der Waals surface area (Å²) in [6.45, 7) is 0. The van der Waals surface area contributed by atoms with Crippen molar-refractivity contribution in [3.05, 3.63) is 0 Å². The van der Waals surface area contributed by atoms with Gasteiger partial charge in [-0.1, -0.05) is 0 Å². The maximum atomic E-state index is 8.77. The van der Waals surface area contributed by atoms with E-state index in [2.05, 4.69) is 0 Å². The smallest absolute Gasteiger partial charge is 0.0914 e. The lowest BCUT2D eigenvalue weighted by Crippen LogP contribution is -2.09. The van der Waals surface area contributed by atoms with Crippen LogP contribution in [-0.2, 0) is 0 Å². The largest absolute Gasteiger partial charge is 0.387 e. The van der Waals surface area contributed by atoms with Gasteiger partial charge in [-0.2, -0.15) is 0 Å². The minimum absolute atomic E-state index is 0.403. The standard InChI is InChI=1S/C5H9NO/c6-4-2-1-3-5(4)7/h5-7H,1-3H2/t5-/m0/s1. The zero-order valence-electron chi connectivity index (χ0n) is 4.15. The molecule has 2 N–H and O–H groups in total. The fraction of sp³-hybridized carbons (Fsp3) is 0.800. The highest BCUT2D eigenvalue weighted by Crippen LogP contribution is 2.13. The van der Waals surface area contributed by atoms with Gasteiger partial charge in [0.25, 0.3) is 0 Å². The monoisotopic (exact) mass is 99.1 g/mol. The van der Waals surface area contributed by atoms with Crippen LogP contribution < -0.4 is 0 Å². The molecule has 0 spiro atoms. The molecule has 0 radical (unpaired) electrons. The van der Waals surface area contributed by atoms with E-state index < -0.39 is 6.10 Å². The average molecular weight is 99.1 g/mol. The van der Waals surface area contributed by atoms with E-state index in [0.717, 1.165) is 19.3 Å². The Labute approximate surface area is 42.7 Å². The van der Waals surface area contributed by atoms with Crippen molar-refractivity contribution in [1.82, 2.24) is 0 Å². The summed E-state index contributed by atoms with van der Waals surface area (Å²) in [6, 6.07) is 0. The second-order valence-corrected chi connectivity index (χ2v) is 1.93. The Hall–Kier alpha value is -0.370. The van der Waals surface area contributed by atoms with Crippen LogP contribution in [0, 0.1) is 5.41 Å². The van der Waals surface area contributed by atoms with Crippen molar-refractivity contribution in [3.8, 4) is 0 Å². The molecule has 1 rings (SSSR count). The van der Waals surface area contributed by atoms with Crippen LogP contribution in [0.15, 0.2) is 0 Å². The molecule has 1 atom stereocenters. The lowest BCUT2D eigenvalue weighted by atomic mass is 10.3. The summed E-state index contributed by atoms with van der Waals surface area (Å²) in [4.78, 5) is 0. The SMILES string of the molecule is N=C1CCC[C@@H]1O. The van der Waals surface area contributed by atoms with Crippen LogP contribution in [0.5, 0.6) is 0 Å². The van der Waals surface area contributed by atoms with Crippen LogP contribution in [0.1, 0.15) is 19.3 Å². The lowest BCUT2D eigenvalue weighted by molar-refractivity contribution is 0.241. The average Bonchev–Trinajstić information content (AvgIpc) is 1.91. The molecule has 0 aromatic carbocycles. The van der Waals surface area contributed by atoms with Crippen LogP contribution in [-0.4, -0.2) is 16.9 Å². The van der Waals surface area contributed by atoms with Gasteiger partial charge in [0.15, 0.2) is 0 Å². The summed E-state index contributed by atoms with van der Waals surface area (Å²) in [6.07, 6.45) is 2.21. The van der Waals surface area contributed by atoms with E-state index in [1.54, 1.807) is 0 Å². The first-order valence-corrected chi connectivity index (χ1v) is 2.56. The van der Waals surface area contributed by atoms with Crippen LogP contribution in [0.3, 0.4) is 0 Å². The van der Waals surface area contributed by atoms with Crippen LogP contribution in [0.2, 0.25) is 0 Å². The molecule has 1 aliphatic rings. The number of hydrogen-bond donors (Lipinski definition) is 2. The number of hydrogen-bond acceptors (Lipinski definition) is 2. The predicted octanol–water partition coefficient (Wildman–Crippen LogP) is 0.551. The van der Waals surface area contributed by atoms with Gasteiger partial charge < -0.3 is 10.5 Å². The van der Waals surface area contributed by atoms with Crippen molar-refractivity contribution in [1.29, 1.82) is 5.41 Å². The first-order valence-electron chi connectivity index (χ1n) is 2.56. The van der Waals surface area contributed by atoms with Crippen LogP contribution in [0.25, 0.3) is 0 Å². The first kappa shape index (κ1) is 4.78. The molecular formula is C5H9NO. The number of rotatable bonds is 0. The molecule has 2 nitrogen and oxygen atoms in total. The Morgan fingerprint density at radius 2 is 2.43 bits per heavy atom. The highest BCUT2D eigenvalue weighted by molar-refractivity contribution is 5.87. The molecule has 1 aliphatic carbocycles. The summed E-state index contributed by atoms with van der Waals surface area (Å²) in [5.74, 6) is 0. The lowest BCUT2D eigenvalue weighted by Gasteiger charge is -1.94. The van der Waals surface area contributed by atoms with Crippen molar-refractivity contribution in [2.75, 3.05) is 0 Å². The van der Waals surface area contributed by atoms with Crippen molar-refractivity contribution in [2.45, 2.75) is 25.4 Å². The summed E-state index contributed by atoms with van der Waals surface area (Å²) >= 11 is 0. The summed E-state index contributed by atoms with van der Waals surface area (Å²) < 4.78 is 0. The van der Waals surface area contributed by atoms with E-state index in [0.29, 0.717) is 5.71 Å². The van der Waals surface area contributed by atoms with Gasteiger partial charge in [-0.3, -0.25) is 0 Å². The third-order valence-corrected chi connectivity index (χ3v) is 1.33. The zero-order valence-corrected chi connectivity index (χ0v) is 4.15. The van der Waals surface area contributed by atoms with Gasteiger partial charge in [0.05, 0.1) is 6.10 Å². The topological polar surface area (TPSA) is 44.1 Å². The van der Waals surface area contributed by atoms with Gasteiger partial charge >= 0.3 is 0 Å². The van der Waals surface area contributed by atoms with Gasteiger partial charge in [0, 0.05) is 5.71 Å². The van der Waals surface area contributed by atoms with E-state index in [1.807, 2.05) is 0 Å². The minimum Gasteiger partial charge on any atom is -0.387 e. The van der Waals surface area contributed by atoms with E-state index in [9.17, 15) is 0 Å². The molecule has 2 heteroatoms. The number of nitrogens with one attached hydrogen (secondary N) is 1. The van der Waals surface area contributed by atoms with Gasteiger partial charge in [-0.25, -0.2) is 0 Å². The van der Waals surface area contributed by atoms with E-state index in [4.69, 9.17) is 10.5 Å². The van der Waals surface area contributed by atoms with Crippen LogP contribution >= 0.6 is 0 Å². The Kier molecular flexibility index (Phi) is 1.11. The molecule has 0 bridgehead atoms. The molecule has 0 aromatic rings. The van der Waals surface area contributed by atoms with Crippen molar-refractivity contribution in [2.24, 2.45) is 0 Å². The number of aliphatic hydroxyl groups excluding tert-OH is 1. The second kappa shape index (κ2) is 1.62. The molecule has 0 saturated heterocycles. The quantitative estimate of drug-likeness (QED) is 0.457. The summed E-state index contributed by atoms with van der Waals surface area (Å²) in [5.41, 5.74) is 0.514. The van der Waals surface area contributed by atoms with E-state index in [-0.39, 0.29) is 0 Å². The molecule has 0 amide bonds. The Morgan fingerprint density at radius 3 is 2.57 bits per heavy atom. The predicted molar refractivity (Wildman–Crippen MR) is 27.6 cm³/mol.